The molecule has 5 nitrogen and oxygen atoms in total. The Hall–Kier alpha value is -2.80. The first-order valence-electron chi connectivity index (χ1n) is 8.19. The van der Waals surface area contributed by atoms with Gasteiger partial charge in [0, 0.05) is 23.8 Å². The molecule has 1 N–H and O–H groups in total. The van der Waals surface area contributed by atoms with Gasteiger partial charge in [0.2, 0.25) is 6.17 Å². The van der Waals surface area contributed by atoms with Gasteiger partial charge in [-0.05, 0) is 42.3 Å². The number of nitrogens with one attached hydrogen (secondary N) is 1. The summed E-state index contributed by atoms with van der Waals surface area (Å²) in [5.41, 5.74) is 5.99. The third-order valence-electron chi connectivity index (χ3n) is 4.35. The lowest BCUT2D eigenvalue weighted by Crippen LogP contribution is -2.52. The second-order valence-electron chi connectivity index (χ2n) is 6.03. The highest BCUT2D eigenvalue weighted by atomic mass is 32.2. The molecular formula is C19H17FN4OS. The minimum Gasteiger partial charge on any atom is -0.294 e. The second-order valence-corrected chi connectivity index (χ2v) is 6.97. The molecule has 2 aliphatic rings. The van der Waals surface area contributed by atoms with Crippen LogP contribution in [0.25, 0.3) is 0 Å². The number of amidine groups is 1. The lowest BCUT2D eigenvalue weighted by molar-refractivity contribution is -0.122. The third kappa shape index (κ3) is 3.06. The van der Waals surface area contributed by atoms with Crippen molar-refractivity contribution in [1.29, 1.82) is 0 Å². The summed E-state index contributed by atoms with van der Waals surface area (Å²) in [6.45, 7) is 2.08. The highest BCUT2D eigenvalue weighted by molar-refractivity contribution is 8.13. The number of benzene rings is 2. The molecule has 26 heavy (non-hydrogen) atoms. The highest BCUT2D eigenvalue weighted by Crippen LogP contribution is 2.27. The van der Waals surface area contributed by atoms with E-state index in [1.165, 1.54) is 28.2 Å². The van der Waals surface area contributed by atoms with Crippen molar-refractivity contribution in [3.05, 3.63) is 77.9 Å². The predicted octanol–water partition coefficient (Wildman–Crippen LogP) is 3.39. The van der Waals surface area contributed by atoms with Crippen LogP contribution in [0.15, 0.2) is 66.0 Å². The molecule has 132 valence electrons. The van der Waals surface area contributed by atoms with Crippen molar-refractivity contribution < 1.29 is 9.18 Å². The van der Waals surface area contributed by atoms with E-state index in [0.29, 0.717) is 5.69 Å². The van der Waals surface area contributed by atoms with Gasteiger partial charge in [-0.25, -0.2) is 4.39 Å². The Bertz CT molecular complexity index is 897. The first-order chi connectivity index (χ1) is 12.6. The van der Waals surface area contributed by atoms with Crippen LogP contribution in [0.1, 0.15) is 11.1 Å². The van der Waals surface area contributed by atoms with E-state index in [9.17, 15) is 9.18 Å². The average molecular weight is 368 g/mol. The lowest BCUT2D eigenvalue weighted by atomic mass is 10.1. The smallest absolute Gasteiger partial charge is 0.276 e. The Morgan fingerprint density at radius 2 is 1.92 bits per heavy atom. The van der Waals surface area contributed by atoms with Crippen molar-refractivity contribution in [2.75, 3.05) is 4.90 Å². The van der Waals surface area contributed by atoms with Crippen LogP contribution < -0.4 is 10.3 Å². The summed E-state index contributed by atoms with van der Waals surface area (Å²) in [7, 11) is 0. The summed E-state index contributed by atoms with van der Waals surface area (Å²) < 4.78 is 13.1. The van der Waals surface area contributed by atoms with E-state index in [0.717, 1.165) is 10.9 Å². The fraction of sp³-hybridized carbons (Fsp3) is 0.158. The molecule has 1 atom stereocenters. The Morgan fingerprint density at radius 3 is 2.69 bits per heavy atom. The molecule has 4 rings (SSSR count). The van der Waals surface area contributed by atoms with Gasteiger partial charge in [-0.2, -0.15) is 5.10 Å². The molecule has 0 aromatic heterocycles. The average Bonchev–Trinajstić information content (AvgIpc) is 3.06. The molecule has 0 radical (unpaired) electrons. The maximum atomic E-state index is 13.1. The van der Waals surface area contributed by atoms with Crippen LogP contribution in [0.5, 0.6) is 0 Å². The number of hydrogen-bond acceptors (Lipinski definition) is 5. The number of halogens is 1. The van der Waals surface area contributed by atoms with Crippen LogP contribution in [-0.4, -0.2) is 22.1 Å². The number of aryl methyl sites for hydroxylation is 1. The highest BCUT2D eigenvalue weighted by Gasteiger charge is 2.38. The van der Waals surface area contributed by atoms with Crippen LogP contribution in [0.2, 0.25) is 0 Å². The maximum Gasteiger partial charge on any atom is 0.276 e. The normalized spacial score (nSPS) is 18.6. The SMILES string of the molecule is Cc1ccccc1CSC1=NNC2C(=O)N(c3ccc(F)cc3)C=CN12. The summed E-state index contributed by atoms with van der Waals surface area (Å²) in [5.74, 6) is 0.288. The maximum absolute atomic E-state index is 13.1. The van der Waals surface area contributed by atoms with Gasteiger partial charge in [-0.15, -0.1) is 0 Å². The standard InChI is InChI=1S/C19H17FN4OS/c1-13-4-2-3-5-14(13)12-26-19-22-21-17-18(25)23(10-11-24(17)19)16-8-6-15(20)7-9-16/h2-11,17,21H,12H2,1H3. The Kier molecular flexibility index (Phi) is 4.38. The van der Waals surface area contributed by atoms with Crippen molar-refractivity contribution in [2.24, 2.45) is 5.10 Å². The van der Waals surface area contributed by atoms with Gasteiger partial charge in [0.15, 0.2) is 5.17 Å². The molecule has 2 heterocycles. The van der Waals surface area contributed by atoms with Gasteiger partial charge >= 0.3 is 0 Å². The van der Waals surface area contributed by atoms with Crippen LogP contribution >= 0.6 is 11.8 Å². The van der Waals surface area contributed by atoms with E-state index in [2.05, 4.69) is 29.6 Å². The van der Waals surface area contributed by atoms with Gasteiger partial charge in [0.05, 0.1) is 0 Å². The number of fused-ring (bicyclic) bond motifs is 1. The fourth-order valence-corrected chi connectivity index (χ4v) is 3.89. The van der Waals surface area contributed by atoms with E-state index in [-0.39, 0.29) is 11.7 Å². The van der Waals surface area contributed by atoms with Crippen molar-refractivity contribution in [1.82, 2.24) is 10.3 Å². The quantitative estimate of drug-likeness (QED) is 0.902. The molecular weight excluding hydrogens is 351 g/mol. The van der Waals surface area contributed by atoms with E-state index in [1.54, 1.807) is 30.1 Å². The Balaban J connectivity index is 1.48. The second kappa shape index (κ2) is 6.84. The van der Waals surface area contributed by atoms with Crippen LogP contribution in [0.4, 0.5) is 10.1 Å². The number of amides is 1. The number of thioether (sulfide) groups is 1. The summed E-state index contributed by atoms with van der Waals surface area (Å²) in [4.78, 5) is 16.1. The van der Waals surface area contributed by atoms with Crippen LogP contribution in [0.3, 0.4) is 0 Å². The minimum absolute atomic E-state index is 0.158. The molecule has 0 fully saturated rings. The topological polar surface area (TPSA) is 47.9 Å². The summed E-state index contributed by atoms with van der Waals surface area (Å²) in [6, 6.07) is 14.0. The molecule has 1 amide bonds. The molecule has 1 unspecified atom stereocenters. The van der Waals surface area contributed by atoms with Crippen LogP contribution in [-0.2, 0) is 10.5 Å². The number of anilines is 1. The van der Waals surface area contributed by atoms with E-state index in [4.69, 9.17) is 0 Å². The molecule has 0 saturated carbocycles. The van der Waals surface area contributed by atoms with Gasteiger partial charge in [-0.1, -0.05) is 36.0 Å². The molecule has 0 spiro atoms. The predicted molar refractivity (Wildman–Crippen MR) is 102 cm³/mol. The number of carbonyl (C=O) groups is 1. The van der Waals surface area contributed by atoms with Gasteiger partial charge in [-0.3, -0.25) is 20.0 Å². The zero-order chi connectivity index (χ0) is 18.1. The van der Waals surface area contributed by atoms with E-state index >= 15 is 0 Å². The van der Waals surface area contributed by atoms with Crippen molar-refractivity contribution >= 4 is 28.5 Å². The summed E-state index contributed by atoms with van der Waals surface area (Å²) in [6.07, 6.45) is 2.92. The lowest BCUT2D eigenvalue weighted by Gasteiger charge is -2.31. The summed E-state index contributed by atoms with van der Waals surface area (Å²) >= 11 is 1.58. The molecule has 7 heteroatoms. The zero-order valence-corrected chi connectivity index (χ0v) is 14.9. The largest absolute Gasteiger partial charge is 0.294 e. The third-order valence-corrected chi connectivity index (χ3v) is 5.37. The number of hydrogen-bond donors (Lipinski definition) is 1. The molecule has 0 bridgehead atoms. The first kappa shape index (κ1) is 16.7. The van der Waals surface area contributed by atoms with E-state index < -0.39 is 6.17 Å². The number of carbonyl (C=O) groups excluding carboxylic acids is 1. The molecule has 0 saturated heterocycles. The molecule has 2 aliphatic heterocycles. The molecule has 2 aromatic carbocycles. The van der Waals surface area contributed by atoms with Gasteiger partial charge in [0.1, 0.15) is 5.82 Å². The van der Waals surface area contributed by atoms with Crippen molar-refractivity contribution in [3.8, 4) is 0 Å². The Morgan fingerprint density at radius 1 is 1.15 bits per heavy atom. The minimum atomic E-state index is -0.579. The first-order valence-corrected chi connectivity index (χ1v) is 9.18. The monoisotopic (exact) mass is 368 g/mol. The Labute approximate surface area is 155 Å². The summed E-state index contributed by atoms with van der Waals surface area (Å²) in [5, 5.41) is 5.07. The molecule has 0 aliphatic carbocycles. The number of rotatable bonds is 3. The number of hydrazone groups is 1. The van der Waals surface area contributed by atoms with Gasteiger partial charge < -0.3 is 0 Å². The molecule has 2 aromatic rings. The van der Waals surface area contributed by atoms with Gasteiger partial charge in [0.25, 0.3) is 5.91 Å². The van der Waals surface area contributed by atoms with Crippen molar-refractivity contribution in [2.45, 2.75) is 18.8 Å². The zero-order valence-electron chi connectivity index (χ0n) is 14.1. The van der Waals surface area contributed by atoms with E-state index in [1.807, 2.05) is 23.2 Å². The number of nitrogens with zero attached hydrogens (tertiary/aromatic N) is 3. The van der Waals surface area contributed by atoms with Crippen molar-refractivity contribution in [3.63, 3.8) is 0 Å². The van der Waals surface area contributed by atoms with Crippen LogP contribution in [0, 0.1) is 12.7 Å². The fourth-order valence-electron chi connectivity index (χ4n) is 2.85.